The first-order valence-electron chi connectivity index (χ1n) is 7.77. The molecule has 0 aliphatic carbocycles. The van der Waals surface area contributed by atoms with E-state index in [-0.39, 0.29) is 0 Å². The summed E-state index contributed by atoms with van der Waals surface area (Å²) in [6, 6.07) is 13.9. The van der Waals surface area contributed by atoms with Crippen LogP contribution in [0.1, 0.15) is 23.0 Å². The van der Waals surface area contributed by atoms with Gasteiger partial charge in [-0.2, -0.15) is 5.10 Å². The van der Waals surface area contributed by atoms with Gasteiger partial charge in [0, 0.05) is 22.5 Å². The van der Waals surface area contributed by atoms with Crippen molar-refractivity contribution in [2.45, 2.75) is 20.1 Å². The fourth-order valence-corrected chi connectivity index (χ4v) is 2.69. The van der Waals surface area contributed by atoms with Crippen LogP contribution < -0.4 is 5.73 Å². The van der Waals surface area contributed by atoms with Gasteiger partial charge in [-0.25, -0.2) is 9.07 Å². The molecule has 0 radical (unpaired) electrons. The number of nitrogen functional groups attached to an aromatic ring is 1. The molecule has 128 valence electrons. The molecule has 1 heterocycles. The third-order valence-corrected chi connectivity index (χ3v) is 4.05. The van der Waals surface area contributed by atoms with Gasteiger partial charge in [-0.1, -0.05) is 30.3 Å². The van der Waals surface area contributed by atoms with Crippen LogP contribution in [0.2, 0.25) is 0 Å². The smallest absolute Gasteiger partial charge is 0.295 e. The molecule has 0 aliphatic heterocycles. The zero-order valence-corrected chi connectivity index (χ0v) is 13.9. The van der Waals surface area contributed by atoms with Crippen molar-refractivity contribution in [3.05, 3.63) is 71.2 Å². The lowest BCUT2D eigenvalue weighted by Crippen LogP contribution is -2.16. The van der Waals surface area contributed by atoms with E-state index in [4.69, 9.17) is 10.5 Å². The van der Waals surface area contributed by atoms with Gasteiger partial charge in [0.15, 0.2) is 0 Å². The van der Waals surface area contributed by atoms with Gasteiger partial charge in [-0.15, -0.1) is 0 Å². The lowest BCUT2D eigenvalue weighted by atomic mass is 10.1. The Bertz CT molecular complexity index is 907. The van der Waals surface area contributed by atoms with Crippen molar-refractivity contribution in [2.75, 3.05) is 5.73 Å². The zero-order valence-electron chi connectivity index (χ0n) is 13.9. The van der Waals surface area contributed by atoms with Crippen LogP contribution in [-0.2, 0) is 9.53 Å². The van der Waals surface area contributed by atoms with Crippen molar-refractivity contribution in [2.24, 2.45) is 0 Å². The number of aryl methyl sites for hydroxylation is 2. The van der Waals surface area contributed by atoms with Crippen LogP contribution in [0.15, 0.2) is 48.5 Å². The Morgan fingerprint density at radius 3 is 2.60 bits per heavy atom. The van der Waals surface area contributed by atoms with Crippen molar-refractivity contribution in [1.29, 1.82) is 0 Å². The number of carbonyl (C=O) groups is 1. The molecule has 3 rings (SSSR count). The summed E-state index contributed by atoms with van der Waals surface area (Å²) in [7, 11) is 0. The van der Waals surface area contributed by atoms with Crippen LogP contribution in [0, 0.1) is 19.7 Å². The van der Waals surface area contributed by atoms with Gasteiger partial charge in [-0.05, 0) is 37.6 Å². The average molecular weight is 339 g/mol. The van der Waals surface area contributed by atoms with E-state index in [9.17, 15) is 9.18 Å². The van der Waals surface area contributed by atoms with Crippen LogP contribution in [-0.4, -0.2) is 16.3 Å². The third-order valence-electron chi connectivity index (χ3n) is 4.05. The molecular weight excluding hydrogens is 321 g/mol. The average Bonchev–Trinajstić information content (AvgIpc) is 2.98. The monoisotopic (exact) mass is 339 g/mol. The molecule has 0 fully saturated rings. The molecule has 0 saturated heterocycles. The van der Waals surface area contributed by atoms with Gasteiger partial charge in [0.2, 0.25) is 6.23 Å². The highest BCUT2D eigenvalue weighted by molar-refractivity contribution is 5.67. The quantitative estimate of drug-likeness (QED) is 0.569. The molecule has 0 saturated carbocycles. The maximum Gasteiger partial charge on any atom is 0.295 e. The summed E-state index contributed by atoms with van der Waals surface area (Å²) in [5.41, 5.74) is 9.28. The van der Waals surface area contributed by atoms with E-state index in [1.54, 1.807) is 23.7 Å². The van der Waals surface area contributed by atoms with E-state index < -0.39 is 12.0 Å². The number of rotatable bonds is 5. The molecular formula is C19H18FN3O2. The minimum absolute atomic E-state index is 0.308. The molecule has 0 bridgehead atoms. The number of hydrogen-bond acceptors (Lipinski definition) is 4. The van der Waals surface area contributed by atoms with Gasteiger partial charge in [-0.3, -0.25) is 4.79 Å². The van der Waals surface area contributed by atoms with E-state index in [0.29, 0.717) is 29.0 Å². The summed E-state index contributed by atoms with van der Waals surface area (Å²) in [4.78, 5) is 10.9. The van der Waals surface area contributed by atoms with Crippen LogP contribution in [0.3, 0.4) is 0 Å². The summed E-state index contributed by atoms with van der Waals surface area (Å²) in [5.74, 6) is -0.399. The van der Waals surface area contributed by atoms with Crippen LogP contribution >= 0.6 is 0 Å². The summed E-state index contributed by atoms with van der Waals surface area (Å²) in [6.07, 6.45) is -0.724. The lowest BCUT2D eigenvalue weighted by molar-refractivity contribution is -0.135. The molecule has 1 aromatic heterocycles. The van der Waals surface area contributed by atoms with Gasteiger partial charge in [0.05, 0.1) is 5.69 Å². The molecule has 5 nitrogen and oxygen atoms in total. The van der Waals surface area contributed by atoms with E-state index in [0.717, 1.165) is 11.3 Å². The number of nitrogens with two attached hydrogens (primary N) is 1. The second-order valence-corrected chi connectivity index (χ2v) is 5.80. The zero-order chi connectivity index (χ0) is 18.0. The number of nitrogens with zero attached hydrogens (tertiary/aromatic N) is 2. The summed E-state index contributed by atoms with van der Waals surface area (Å²) in [5, 5.41) is 4.44. The van der Waals surface area contributed by atoms with Crippen molar-refractivity contribution in [3.8, 4) is 11.3 Å². The summed E-state index contributed by atoms with van der Waals surface area (Å²) in [6.45, 7) is 3.94. The molecule has 25 heavy (non-hydrogen) atoms. The molecule has 6 heteroatoms. The van der Waals surface area contributed by atoms with E-state index >= 15 is 0 Å². The standard InChI is InChI=1S/C19H18FN3O2/c1-12-8-16(20)15(10-17(12)21)18-9-13(2)23(22-18)19(25-11-24)14-6-4-3-5-7-14/h3-11,19H,21H2,1-2H3. The third kappa shape index (κ3) is 3.24. The predicted molar refractivity (Wildman–Crippen MR) is 93.2 cm³/mol. The Hall–Kier alpha value is -3.15. The van der Waals surface area contributed by atoms with Crippen LogP contribution in [0.5, 0.6) is 0 Å². The molecule has 1 atom stereocenters. The topological polar surface area (TPSA) is 70.1 Å². The maximum absolute atomic E-state index is 14.3. The number of carbonyl (C=O) groups excluding carboxylic acids is 1. The van der Waals surface area contributed by atoms with Crippen molar-refractivity contribution in [3.63, 3.8) is 0 Å². The number of benzene rings is 2. The van der Waals surface area contributed by atoms with Gasteiger partial charge in [0.1, 0.15) is 5.82 Å². The highest BCUT2D eigenvalue weighted by Crippen LogP contribution is 2.29. The number of anilines is 1. The number of aromatic nitrogens is 2. The van der Waals surface area contributed by atoms with Crippen LogP contribution in [0.4, 0.5) is 10.1 Å². The van der Waals surface area contributed by atoms with Crippen molar-refractivity contribution in [1.82, 2.24) is 9.78 Å². The first kappa shape index (κ1) is 16.7. The Labute approximate surface area is 144 Å². The predicted octanol–water partition coefficient (Wildman–Crippen LogP) is 3.61. The van der Waals surface area contributed by atoms with Crippen LogP contribution in [0.25, 0.3) is 11.3 Å². The highest BCUT2D eigenvalue weighted by atomic mass is 19.1. The molecule has 0 amide bonds. The second-order valence-electron chi connectivity index (χ2n) is 5.80. The molecule has 3 aromatic rings. The largest absolute Gasteiger partial charge is 0.437 e. The summed E-state index contributed by atoms with van der Waals surface area (Å²) < 4.78 is 21.1. The Kier molecular flexibility index (Phi) is 4.52. The SMILES string of the molecule is Cc1cc(F)c(-c2cc(C)n(C(OC=O)c3ccccc3)n2)cc1N. The Balaban J connectivity index is 2.08. The van der Waals surface area contributed by atoms with Gasteiger partial charge < -0.3 is 10.5 Å². The second kappa shape index (κ2) is 6.76. The molecule has 1 unspecified atom stereocenters. The fourth-order valence-electron chi connectivity index (χ4n) is 2.69. The van der Waals surface area contributed by atoms with Gasteiger partial charge >= 0.3 is 0 Å². The molecule has 0 spiro atoms. The van der Waals surface area contributed by atoms with E-state index in [2.05, 4.69) is 5.10 Å². The maximum atomic E-state index is 14.3. The van der Waals surface area contributed by atoms with Crippen molar-refractivity contribution >= 4 is 12.2 Å². The van der Waals surface area contributed by atoms with E-state index in [1.807, 2.05) is 37.3 Å². The number of hydrogen-bond donors (Lipinski definition) is 1. The molecule has 0 aliphatic rings. The summed E-state index contributed by atoms with van der Waals surface area (Å²) >= 11 is 0. The highest BCUT2D eigenvalue weighted by Gasteiger charge is 2.20. The molecule has 2 N–H and O–H groups in total. The normalized spacial score (nSPS) is 12.0. The fraction of sp³-hybridized carbons (Fsp3) is 0.158. The first-order chi connectivity index (χ1) is 12.0. The Morgan fingerprint density at radius 2 is 1.92 bits per heavy atom. The van der Waals surface area contributed by atoms with Gasteiger partial charge in [0.25, 0.3) is 6.47 Å². The minimum atomic E-state index is -0.724. The minimum Gasteiger partial charge on any atom is -0.437 e. The molecule has 2 aromatic carbocycles. The lowest BCUT2D eigenvalue weighted by Gasteiger charge is -2.17. The number of ether oxygens (including phenoxy) is 1. The van der Waals surface area contributed by atoms with E-state index in [1.165, 1.54) is 6.07 Å². The Morgan fingerprint density at radius 1 is 1.20 bits per heavy atom. The van der Waals surface area contributed by atoms with Crippen molar-refractivity contribution < 1.29 is 13.9 Å². The number of halogens is 1. The first-order valence-corrected chi connectivity index (χ1v) is 7.77.